The molecule has 0 atom stereocenters. The van der Waals surface area contributed by atoms with Gasteiger partial charge in [-0.25, -0.2) is 0 Å². The molecule has 28 heavy (non-hydrogen) atoms. The molecular formula is C22H24N2O3S. The Hall–Kier alpha value is -2.73. The minimum Gasteiger partial charge on any atom is -0.465 e. The van der Waals surface area contributed by atoms with E-state index < -0.39 is 0 Å². The van der Waals surface area contributed by atoms with Crippen molar-refractivity contribution in [2.24, 2.45) is 0 Å². The number of amides is 1. The van der Waals surface area contributed by atoms with E-state index in [1.165, 1.54) is 5.56 Å². The van der Waals surface area contributed by atoms with Crippen LogP contribution in [0.3, 0.4) is 0 Å². The van der Waals surface area contributed by atoms with Crippen LogP contribution in [0, 0.1) is 0 Å². The van der Waals surface area contributed by atoms with Gasteiger partial charge in [-0.2, -0.15) is 0 Å². The van der Waals surface area contributed by atoms with Crippen molar-refractivity contribution in [3.8, 4) is 0 Å². The van der Waals surface area contributed by atoms with Gasteiger partial charge in [0.1, 0.15) is 0 Å². The summed E-state index contributed by atoms with van der Waals surface area (Å²) in [6, 6.07) is 17.9. The lowest BCUT2D eigenvalue weighted by Crippen LogP contribution is -2.45. The summed E-state index contributed by atoms with van der Waals surface area (Å²) in [5.74, 6) is -0.645. The molecular weight excluding hydrogens is 372 g/mol. The highest BCUT2D eigenvalue weighted by molar-refractivity contribution is 7.80. The number of carbonyl (C=O) groups excluding carboxylic acids is 2. The Bertz CT molecular complexity index is 839. The van der Waals surface area contributed by atoms with Crippen molar-refractivity contribution in [3.63, 3.8) is 0 Å². The molecule has 0 aliphatic carbocycles. The van der Waals surface area contributed by atoms with Gasteiger partial charge in [0.25, 0.3) is 0 Å². The average molecular weight is 397 g/mol. The predicted octanol–water partition coefficient (Wildman–Crippen LogP) is 3.41. The number of benzene rings is 2. The summed E-state index contributed by atoms with van der Waals surface area (Å²) >= 11 is 5.41. The maximum Gasteiger partial charge on any atom is 0.306 e. The molecule has 0 fully saturated rings. The molecule has 0 saturated carbocycles. The summed E-state index contributed by atoms with van der Waals surface area (Å²) in [6.45, 7) is 1.09. The molecule has 6 heteroatoms. The van der Waals surface area contributed by atoms with Crippen LogP contribution in [0.15, 0.2) is 54.6 Å². The molecule has 0 saturated heterocycles. The van der Waals surface area contributed by atoms with Crippen LogP contribution in [0.5, 0.6) is 0 Å². The first-order valence-electron chi connectivity index (χ1n) is 9.52. The van der Waals surface area contributed by atoms with Crippen molar-refractivity contribution in [2.45, 2.75) is 32.1 Å². The van der Waals surface area contributed by atoms with Crippen LogP contribution < -0.4 is 10.2 Å². The molecule has 0 aromatic heterocycles. The standard InChI is InChI=1S/C22H24N2O3S/c25-20(12-13-21(26)27-16-14-17-7-2-1-3-8-17)23-22(28)24-15-6-10-18-9-4-5-11-19(18)24/h1-5,7-9,11H,6,10,12-16H2,(H,23,25,28). The highest BCUT2D eigenvalue weighted by Gasteiger charge is 2.21. The minimum atomic E-state index is -0.375. The van der Waals surface area contributed by atoms with Gasteiger partial charge in [-0.3, -0.25) is 9.59 Å². The molecule has 5 nitrogen and oxygen atoms in total. The number of aryl methyl sites for hydroxylation is 1. The molecule has 146 valence electrons. The van der Waals surface area contributed by atoms with Gasteiger partial charge < -0.3 is 15.0 Å². The van der Waals surface area contributed by atoms with Crippen molar-refractivity contribution in [1.29, 1.82) is 0 Å². The number of thiocarbonyl (C=S) groups is 1. The first kappa shape index (κ1) is 20.0. The molecule has 3 rings (SSSR count). The highest BCUT2D eigenvalue weighted by Crippen LogP contribution is 2.26. The molecule has 1 aliphatic rings. The summed E-state index contributed by atoms with van der Waals surface area (Å²) in [7, 11) is 0. The van der Waals surface area contributed by atoms with Gasteiger partial charge in [0.15, 0.2) is 5.11 Å². The molecule has 1 heterocycles. The number of esters is 1. The van der Waals surface area contributed by atoms with Crippen LogP contribution in [0.1, 0.15) is 30.4 Å². The Morgan fingerprint density at radius 1 is 1.04 bits per heavy atom. The third-order valence-electron chi connectivity index (χ3n) is 4.65. The number of para-hydroxylation sites is 1. The first-order valence-corrected chi connectivity index (χ1v) is 9.93. The van der Waals surface area contributed by atoms with Gasteiger partial charge in [-0.15, -0.1) is 0 Å². The molecule has 1 amide bonds. The number of nitrogens with one attached hydrogen (secondary N) is 1. The van der Waals surface area contributed by atoms with Gasteiger partial charge in [-0.05, 0) is 42.3 Å². The second kappa shape index (κ2) is 9.99. The van der Waals surface area contributed by atoms with Crippen molar-refractivity contribution < 1.29 is 14.3 Å². The molecule has 0 spiro atoms. The quantitative estimate of drug-likeness (QED) is 0.599. The van der Waals surface area contributed by atoms with Crippen LogP contribution >= 0.6 is 12.2 Å². The van der Waals surface area contributed by atoms with E-state index in [0.29, 0.717) is 18.1 Å². The van der Waals surface area contributed by atoms with Crippen molar-refractivity contribution >= 4 is 34.9 Å². The summed E-state index contributed by atoms with van der Waals surface area (Å²) in [6.07, 6.45) is 2.76. The van der Waals surface area contributed by atoms with E-state index in [1.807, 2.05) is 53.4 Å². The normalized spacial score (nSPS) is 12.8. The topological polar surface area (TPSA) is 58.6 Å². The summed E-state index contributed by atoms with van der Waals surface area (Å²) < 4.78 is 5.20. The van der Waals surface area contributed by atoms with E-state index in [0.717, 1.165) is 30.6 Å². The lowest BCUT2D eigenvalue weighted by molar-refractivity contribution is -0.144. The smallest absolute Gasteiger partial charge is 0.306 e. The van der Waals surface area contributed by atoms with E-state index in [4.69, 9.17) is 17.0 Å². The third kappa shape index (κ3) is 5.63. The van der Waals surface area contributed by atoms with E-state index in [1.54, 1.807) is 0 Å². The molecule has 2 aromatic carbocycles. The van der Waals surface area contributed by atoms with E-state index in [9.17, 15) is 9.59 Å². The lowest BCUT2D eigenvalue weighted by atomic mass is 10.0. The number of nitrogens with zero attached hydrogens (tertiary/aromatic N) is 1. The van der Waals surface area contributed by atoms with Gasteiger partial charge in [0, 0.05) is 25.1 Å². The Balaban J connectivity index is 1.39. The number of ether oxygens (including phenoxy) is 1. The average Bonchev–Trinajstić information content (AvgIpc) is 2.72. The van der Waals surface area contributed by atoms with E-state index in [-0.39, 0.29) is 24.7 Å². The van der Waals surface area contributed by atoms with Crippen LogP contribution in [-0.2, 0) is 27.2 Å². The third-order valence-corrected chi connectivity index (χ3v) is 4.98. The Kier molecular flexibility index (Phi) is 7.14. The largest absolute Gasteiger partial charge is 0.465 e. The summed E-state index contributed by atoms with van der Waals surface area (Å²) in [5.41, 5.74) is 3.38. The van der Waals surface area contributed by atoms with Crippen LogP contribution in [-0.4, -0.2) is 30.1 Å². The Labute approximate surface area is 170 Å². The van der Waals surface area contributed by atoms with Crippen LogP contribution in [0.25, 0.3) is 0 Å². The maximum absolute atomic E-state index is 12.2. The summed E-state index contributed by atoms with van der Waals surface area (Å²) in [5, 5.41) is 3.12. The molecule has 0 radical (unpaired) electrons. The fourth-order valence-corrected chi connectivity index (χ4v) is 3.51. The zero-order chi connectivity index (χ0) is 19.8. The second-order valence-corrected chi connectivity index (χ2v) is 7.08. The number of anilines is 1. The van der Waals surface area contributed by atoms with Gasteiger partial charge in [0.2, 0.25) is 5.91 Å². The number of fused-ring (bicyclic) bond motifs is 1. The Morgan fingerprint density at radius 2 is 1.79 bits per heavy atom. The SMILES string of the molecule is O=C(CCC(=O)OCCc1ccccc1)NC(=S)N1CCCc2ccccc21. The zero-order valence-corrected chi connectivity index (χ0v) is 16.5. The molecule has 0 bridgehead atoms. The molecule has 0 unspecified atom stereocenters. The number of carbonyl (C=O) groups is 2. The van der Waals surface area contributed by atoms with Crippen LogP contribution in [0.2, 0.25) is 0 Å². The zero-order valence-electron chi connectivity index (χ0n) is 15.7. The van der Waals surface area contributed by atoms with Crippen molar-refractivity contribution in [3.05, 3.63) is 65.7 Å². The number of hydrogen-bond donors (Lipinski definition) is 1. The lowest BCUT2D eigenvalue weighted by Gasteiger charge is -2.31. The predicted molar refractivity (Wildman–Crippen MR) is 113 cm³/mol. The van der Waals surface area contributed by atoms with Crippen molar-refractivity contribution in [1.82, 2.24) is 5.32 Å². The number of rotatable bonds is 6. The molecule has 1 aliphatic heterocycles. The maximum atomic E-state index is 12.2. The molecule has 2 aromatic rings. The van der Waals surface area contributed by atoms with E-state index in [2.05, 4.69) is 11.4 Å². The van der Waals surface area contributed by atoms with Gasteiger partial charge in [-0.1, -0.05) is 48.5 Å². The highest BCUT2D eigenvalue weighted by atomic mass is 32.1. The van der Waals surface area contributed by atoms with E-state index >= 15 is 0 Å². The fraction of sp³-hybridized carbons (Fsp3) is 0.318. The van der Waals surface area contributed by atoms with Crippen molar-refractivity contribution in [2.75, 3.05) is 18.1 Å². The van der Waals surface area contributed by atoms with Crippen LogP contribution in [0.4, 0.5) is 5.69 Å². The Morgan fingerprint density at radius 3 is 2.61 bits per heavy atom. The molecule has 1 N–H and O–H groups in total. The monoisotopic (exact) mass is 396 g/mol. The minimum absolute atomic E-state index is 0.0415. The van der Waals surface area contributed by atoms with Gasteiger partial charge in [0.05, 0.1) is 13.0 Å². The number of hydrogen-bond acceptors (Lipinski definition) is 4. The fourth-order valence-electron chi connectivity index (χ4n) is 3.21. The summed E-state index contributed by atoms with van der Waals surface area (Å²) in [4.78, 5) is 26.0. The van der Waals surface area contributed by atoms with Gasteiger partial charge >= 0.3 is 5.97 Å². The first-order chi connectivity index (χ1) is 13.6. The second-order valence-electron chi connectivity index (χ2n) is 6.69.